The van der Waals surface area contributed by atoms with Gasteiger partial charge in [-0.15, -0.1) is 0 Å². The van der Waals surface area contributed by atoms with E-state index in [9.17, 15) is 14.2 Å². The molecule has 1 aliphatic rings. The second-order valence-electron chi connectivity index (χ2n) is 5.10. The molecular weight excluding hydrogens is 333 g/mol. The largest absolute Gasteiger partial charge is 0.456 e. The van der Waals surface area contributed by atoms with Gasteiger partial charge in [-0.2, -0.15) is 0 Å². The highest BCUT2D eigenvalue weighted by Gasteiger charge is 2.44. The second-order valence-corrected chi connectivity index (χ2v) is 7.06. The standard InChI is InChI=1S/C16H16NO6P/c1-4-21-24(20,22-5-2)16-9(3)23-15-11(16)13(18)10-7-6-8-17-12(10)14(15)19/h6-8H,4-5H2,1-3H3. The van der Waals surface area contributed by atoms with Gasteiger partial charge in [0.25, 0.3) is 0 Å². The highest BCUT2D eigenvalue weighted by atomic mass is 31.2. The minimum atomic E-state index is -3.78. The Labute approximate surface area is 138 Å². The molecule has 0 amide bonds. The number of aromatic nitrogens is 1. The summed E-state index contributed by atoms with van der Waals surface area (Å²) in [5.74, 6) is -0.994. The molecule has 2 aromatic rings. The Bertz CT molecular complexity index is 875. The van der Waals surface area contributed by atoms with Gasteiger partial charge in [-0.1, -0.05) is 0 Å². The van der Waals surface area contributed by atoms with Crippen LogP contribution in [0.1, 0.15) is 51.8 Å². The van der Waals surface area contributed by atoms with Crippen LogP contribution in [0.25, 0.3) is 0 Å². The van der Waals surface area contributed by atoms with Gasteiger partial charge in [0.1, 0.15) is 16.8 Å². The Morgan fingerprint density at radius 2 is 1.83 bits per heavy atom. The summed E-state index contributed by atoms with van der Waals surface area (Å²) in [4.78, 5) is 29.4. The molecule has 0 radical (unpaired) electrons. The molecule has 7 nitrogen and oxygen atoms in total. The van der Waals surface area contributed by atoms with Gasteiger partial charge in [0, 0.05) is 6.20 Å². The van der Waals surface area contributed by atoms with Gasteiger partial charge >= 0.3 is 7.60 Å². The normalized spacial score (nSPS) is 13.8. The van der Waals surface area contributed by atoms with Crippen molar-refractivity contribution in [2.75, 3.05) is 13.2 Å². The van der Waals surface area contributed by atoms with E-state index in [1.165, 1.54) is 19.2 Å². The molecule has 2 aromatic heterocycles. The molecule has 0 aliphatic heterocycles. The predicted molar refractivity (Wildman–Crippen MR) is 85.0 cm³/mol. The summed E-state index contributed by atoms with van der Waals surface area (Å²) in [5, 5.41) is 0.0223. The zero-order valence-electron chi connectivity index (χ0n) is 13.5. The molecule has 0 fully saturated rings. The van der Waals surface area contributed by atoms with E-state index in [0.717, 1.165) is 0 Å². The van der Waals surface area contributed by atoms with E-state index in [-0.39, 0.29) is 46.9 Å². The van der Waals surface area contributed by atoms with Crippen molar-refractivity contribution in [3.8, 4) is 0 Å². The Kier molecular flexibility index (Phi) is 4.25. The number of carbonyl (C=O) groups is 2. The van der Waals surface area contributed by atoms with Crippen LogP contribution in [0.5, 0.6) is 0 Å². The number of carbonyl (C=O) groups excluding carboxylic acids is 2. The first-order valence-electron chi connectivity index (χ1n) is 7.52. The number of furan rings is 1. The zero-order valence-corrected chi connectivity index (χ0v) is 14.4. The molecule has 0 N–H and O–H groups in total. The number of rotatable bonds is 5. The summed E-state index contributed by atoms with van der Waals surface area (Å²) in [5.41, 5.74) is 0.123. The van der Waals surface area contributed by atoms with Gasteiger partial charge in [0.15, 0.2) is 11.5 Å². The van der Waals surface area contributed by atoms with Crippen molar-refractivity contribution >= 4 is 24.5 Å². The molecule has 8 heteroatoms. The summed E-state index contributed by atoms with van der Waals surface area (Å²) in [7, 11) is -3.78. The van der Waals surface area contributed by atoms with E-state index in [0.29, 0.717) is 0 Å². The average molecular weight is 349 g/mol. The summed E-state index contributed by atoms with van der Waals surface area (Å²) >= 11 is 0. The fraction of sp³-hybridized carbons (Fsp3) is 0.312. The van der Waals surface area contributed by atoms with Crippen molar-refractivity contribution in [2.24, 2.45) is 0 Å². The number of aryl methyl sites for hydroxylation is 1. The van der Waals surface area contributed by atoms with Crippen LogP contribution in [0.3, 0.4) is 0 Å². The van der Waals surface area contributed by atoms with Gasteiger partial charge in [0.2, 0.25) is 5.78 Å². The summed E-state index contributed by atoms with van der Waals surface area (Å²) in [6, 6.07) is 3.07. The van der Waals surface area contributed by atoms with Gasteiger partial charge in [0.05, 0.1) is 24.3 Å². The molecule has 1 aliphatic carbocycles. The number of nitrogens with zero attached hydrogens (tertiary/aromatic N) is 1. The lowest BCUT2D eigenvalue weighted by Gasteiger charge is -2.19. The van der Waals surface area contributed by atoms with Crippen LogP contribution in [0.15, 0.2) is 22.7 Å². The Hall–Kier alpha value is -2.08. The van der Waals surface area contributed by atoms with Crippen LogP contribution in [0, 0.1) is 6.92 Å². The molecule has 3 rings (SSSR count). The van der Waals surface area contributed by atoms with Crippen LogP contribution in [0.4, 0.5) is 0 Å². The SMILES string of the molecule is CCOP(=O)(OCC)c1c(C)oc2c1C(=O)c1cccnc1C2=O. The fourth-order valence-electron chi connectivity index (χ4n) is 2.75. The Balaban J connectivity index is 2.27. The third-order valence-electron chi connectivity index (χ3n) is 3.63. The summed E-state index contributed by atoms with van der Waals surface area (Å²) in [6.45, 7) is 5.10. The number of fused-ring (bicyclic) bond motifs is 2. The first-order valence-corrected chi connectivity index (χ1v) is 9.06. The zero-order chi connectivity index (χ0) is 17.5. The van der Waals surface area contributed by atoms with Crippen molar-refractivity contribution in [1.82, 2.24) is 4.98 Å². The lowest BCUT2D eigenvalue weighted by atomic mass is 9.92. The van der Waals surface area contributed by atoms with Crippen molar-refractivity contribution in [3.63, 3.8) is 0 Å². The molecule has 0 aromatic carbocycles. The van der Waals surface area contributed by atoms with Crippen LogP contribution in [-0.4, -0.2) is 29.8 Å². The third kappa shape index (κ3) is 2.36. The van der Waals surface area contributed by atoms with E-state index in [1.54, 1.807) is 19.9 Å². The molecule has 24 heavy (non-hydrogen) atoms. The predicted octanol–water partition coefficient (Wildman–Crippen LogP) is 2.65. The maximum Gasteiger partial charge on any atom is 0.365 e. The molecule has 0 saturated heterocycles. The first kappa shape index (κ1) is 16.8. The fourth-order valence-corrected chi connectivity index (χ4v) is 4.68. The number of pyridine rings is 1. The van der Waals surface area contributed by atoms with Crippen LogP contribution < -0.4 is 5.30 Å². The summed E-state index contributed by atoms with van der Waals surface area (Å²) in [6.07, 6.45) is 1.43. The topological polar surface area (TPSA) is 95.7 Å². The highest BCUT2D eigenvalue weighted by molar-refractivity contribution is 7.62. The molecule has 0 spiro atoms. The first-order chi connectivity index (χ1) is 11.4. The number of hydrogen-bond acceptors (Lipinski definition) is 7. The van der Waals surface area contributed by atoms with E-state index in [2.05, 4.69) is 4.98 Å². The molecule has 126 valence electrons. The van der Waals surface area contributed by atoms with E-state index < -0.39 is 19.2 Å². The van der Waals surface area contributed by atoms with E-state index in [1.807, 2.05) is 0 Å². The molecule has 2 heterocycles. The Morgan fingerprint density at radius 1 is 1.17 bits per heavy atom. The molecule has 0 atom stereocenters. The maximum absolute atomic E-state index is 13.1. The minimum Gasteiger partial charge on any atom is -0.456 e. The van der Waals surface area contributed by atoms with Crippen molar-refractivity contribution in [3.05, 3.63) is 46.7 Å². The lowest BCUT2D eigenvalue weighted by Crippen LogP contribution is -2.27. The molecular formula is C16H16NO6P. The summed E-state index contributed by atoms with van der Waals surface area (Å²) < 4.78 is 29.3. The van der Waals surface area contributed by atoms with Gasteiger partial charge in [-0.25, -0.2) is 0 Å². The third-order valence-corrected chi connectivity index (χ3v) is 5.91. The highest BCUT2D eigenvalue weighted by Crippen LogP contribution is 2.50. The van der Waals surface area contributed by atoms with Gasteiger partial charge < -0.3 is 13.5 Å². The smallest absolute Gasteiger partial charge is 0.365 e. The van der Waals surface area contributed by atoms with Crippen molar-refractivity contribution in [1.29, 1.82) is 0 Å². The van der Waals surface area contributed by atoms with Crippen LogP contribution in [0.2, 0.25) is 0 Å². The minimum absolute atomic E-state index is 0.0223. The lowest BCUT2D eigenvalue weighted by molar-refractivity contribution is 0.0955. The Morgan fingerprint density at radius 3 is 2.46 bits per heavy atom. The number of ketones is 2. The average Bonchev–Trinajstić information content (AvgIpc) is 2.91. The monoisotopic (exact) mass is 349 g/mol. The van der Waals surface area contributed by atoms with E-state index in [4.69, 9.17) is 13.5 Å². The maximum atomic E-state index is 13.1. The second kappa shape index (κ2) is 6.09. The van der Waals surface area contributed by atoms with Crippen LogP contribution in [-0.2, 0) is 13.6 Å². The van der Waals surface area contributed by atoms with Gasteiger partial charge in [-0.05, 0) is 32.9 Å². The van der Waals surface area contributed by atoms with Crippen molar-refractivity contribution < 1.29 is 27.6 Å². The van der Waals surface area contributed by atoms with Gasteiger partial charge in [-0.3, -0.25) is 19.1 Å². The van der Waals surface area contributed by atoms with Crippen LogP contribution >= 0.6 is 7.60 Å². The van der Waals surface area contributed by atoms with E-state index >= 15 is 0 Å². The molecule has 0 saturated carbocycles. The molecule has 0 unspecified atom stereocenters. The van der Waals surface area contributed by atoms with Crippen molar-refractivity contribution in [2.45, 2.75) is 20.8 Å². The quantitative estimate of drug-likeness (QED) is 0.653. The molecule has 0 bridgehead atoms. The number of hydrogen-bond donors (Lipinski definition) is 0.